The Morgan fingerprint density at radius 1 is 1.00 bits per heavy atom. The summed E-state index contributed by atoms with van der Waals surface area (Å²) in [6.07, 6.45) is 0. The lowest BCUT2D eigenvalue weighted by atomic mass is 9.78. The molecule has 1 unspecified atom stereocenters. The van der Waals surface area contributed by atoms with Crippen molar-refractivity contribution < 1.29 is 23.8 Å². The van der Waals surface area contributed by atoms with E-state index in [-0.39, 0.29) is 16.7 Å². The zero-order valence-corrected chi connectivity index (χ0v) is 18.4. The van der Waals surface area contributed by atoms with E-state index in [9.17, 15) is 19.1 Å². The molecule has 0 saturated heterocycles. The van der Waals surface area contributed by atoms with Crippen molar-refractivity contribution in [3.05, 3.63) is 58.2 Å². The molecular formula is C23H30FNO4. The van der Waals surface area contributed by atoms with Crippen molar-refractivity contribution in [2.24, 2.45) is 0 Å². The number of allylic oxidation sites excluding steroid dienone is 2. The van der Waals surface area contributed by atoms with Gasteiger partial charge in [0.1, 0.15) is 11.4 Å². The third kappa shape index (κ3) is 4.52. The Labute approximate surface area is 171 Å². The molecule has 1 N–H and O–H groups in total. The van der Waals surface area contributed by atoms with Crippen molar-refractivity contribution in [3.8, 4) is 0 Å². The molecule has 1 aliphatic heterocycles. The second-order valence-corrected chi connectivity index (χ2v) is 9.27. The number of benzene rings is 1. The Morgan fingerprint density at radius 2 is 1.52 bits per heavy atom. The number of carboxylic acids is 1. The molecule has 0 spiro atoms. The molecule has 1 aliphatic rings. The van der Waals surface area contributed by atoms with Gasteiger partial charge < -0.3 is 14.7 Å². The van der Waals surface area contributed by atoms with Gasteiger partial charge in [-0.1, -0.05) is 18.2 Å². The van der Waals surface area contributed by atoms with Gasteiger partial charge in [0.25, 0.3) is 0 Å². The Morgan fingerprint density at radius 3 is 1.97 bits per heavy atom. The van der Waals surface area contributed by atoms with Gasteiger partial charge in [0.15, 0.2) is 0 Å². The van der Waals surface area contributed by atoms with Crippen LogP contribution in [0.1, 0.15) is 66.9 Å². The summed E-state index contributed by atoms with van der Waals surface area (Å²) < 4.78 is 20.4. The van der Waals surface area contributed by atoms with E-state index in [0.717, 1.165) is 0 Å². The number of rotatable bonds is 3. The molecule has 0 saturated carbocycles. The molecule has 0 aliphatic carbocycles. The summed E-state index contributed by atoms with van der Waals surface area (Å²) in [5.41, 5.74) is 0.00144. The quantitative estimate of drug-likeness (QED) is 0.720. The van der Waals surface area contributed by atoms with Crippen LogP contribution in [-0.4, -0.2) is 33.1 Å². The summed E-state index contributed by atoms with van der Waals surface area (Å²) >= 11 is 0. The number of ether oxygens (including phenoxy) is 1. The summed E-state index contributed by atoms with van der Waals surface area (Å²) in [6.45, 7) is 14.4. The molecular weight excluding hydrogens is 373 g/mol. The van der Waals surface area contributed by atoms with Crippen LogP contribution in [0, 0.1) is 5.82 Å². The van der Waals surface area contributed by atoms with Crippen LogP contribution in [0.2, 0.25) is 0 Å². The van der Waals surface area contributed by atoms with Gasteiger partial charge in [0.2, 0.25) is 0 Å². The number of hydrogen-bond acceptors (Lipinski definition) is 4. The van der Waals surface area contributed by atoms with Crippen molar-refractivity contribution in [3.63, 3.8) is 0 Å². The maximum Gasteiger partial charge on any atom is 0.337 e. The van der Waals surface area contributed by atoms with Crippen molar-refractivity contribution in [2.45, 2.75) is 72.4 Å². The summed E-state index contributed by atoms with van der Waals surface area (Å²) in [4.78, 5) is 27.3. The number of carboxylic acid groups (broad SMARTS) is 1. The van der Waals surface area contributed by atoms with Crippen molar-refractivity contribution in [1.82, 2.24) is 4.90 Å². The van der Waals surface area contributed by atoms with Crippen LogP contribution in [0.4, 0.5) is 4.39 Å². The summed E-state index contributed by atoms with van der Waals surface area (Å²) in [5, 5.41) is 10.1. The lowest BCUT2D eigenvalue weighted by molar-refractivity contribution is -0.150. The molecule has 0 aromatic heterocycles. The molecule has 0 fully saturated rings. The minimum absolute atomic E-state index is 0.0310. The standard InChI is InChI=1S/C23H30FNO4/c1-13-17(20(26)27)19(15-11-9-10-12-16(15)24)18(21(28)29-23(6,7)8)14(2)25(13)22(3,4)5/h9-12,19H,1-8H3,(H,26,27). The van der Waals surface area contributed by atoms with Crippen LogP contribution >= 0.6 is 0 Å². The van der Waals surface area contributed by atoms with Gasteiger partial charge in [-0.25, -0.2) is 14.0 Å². The highest BCUT2D eigenvalue weighted by Crippen LogP contribution is 2.45. The van der Waals surface area contributed by atoms with Gasteiger partial charge in [-0.05, 0) is 61.5 Å². The number of hydrogen-bond donors (Lipinski definition) is 1. The van der Waals surface area contributed by atoms with Gasteiger partial charge in [0, 0.05) is 22.5 Å². The van der Waals surface area contributed by atoms with Crippen molar-refractivity contribution in [1.29, 1.82) is 0 Å². The number of nitrogens with zero attached hydrogens (tertiary/aromatic N) is 1. The van der Waals surface area contributed by atoms with Crippen LogP contribution in [0.5, 0.6) is 0 Å². The summed E-state index contributed by atoms with van der Waals surface area (Å²) in [6, 6.07) is 5.94. The first-order valence-corrected chi connectivity index (χ1v) is 9.59. The molecule has 1 heterocycles. The zero-order valence-electron chi connectivity index (χ0n) is 18.4. The first-order chi connectivity index (χ1) is 13.2. The molecule has 1 aromatic rings. The van der Waals surface area contributed by atoms with E-state index < -0.39 is 34.8 Å². The van der Waals surface area contributed by atoms with Crippen LogP contribution in [0.15, 0.2) is 46.8 Å². The van der Waals surface area contributed by atoms with E-state index in [1.807, 2.05) is 25.7 Å². The van der Waals surface area contributed by atoms with Gasteiger partial charge in [0.05, 0.1) is 17.1 Å². The average Bonchev–Trinajstić information content (AvgIpc) is 2.51. The number of aliphatic carboxylic acids is 1. The highest BCUT2D eigenvalue weighted by Gasteiger charge is 2.44. The fourth-order valence-corrected chi connectivity index (χ4v) is 3.96. The number of esters is 1. The molecule has 1 atom stereocenters. The lowest BCUT2D eigenvalue weighted by Crippen LogP contribution is -2.45. The van der Waals surface area contributed by atoms with E-state index in [0.29, 0.717) is 11.4 Å². The first kappa shape index (κ1) is 22.7. The SMILES string of the molecule is CC1=C(C(=O)O)C(c2ccccc2F)C(C(=O)OC(C)(C)C)=C(C)N1C(C)(C)C. The molecule has 5 nitrogen and oxygen atoms in total. The molecule has 2 rings (SSSR count). The summed E-state index contributed by atoms with van der Waals surface area (Å²) in [7, 11) is 0. The second kappa shape index (κ2) is 7.65. The summed E-state index contributed by atoms with van der Waals surface area (Å²) in [5.74, 6) is -3.48. The maximum absolute atomic E-state index is 14.8. The topological polar surface area (TPSA) is 66.8 Å². The van der Waals surface area contributed by atoms with Gasteiger partial charge in [-0.2, -0.15) is 0 Å². The lowest BCUT2D eigenvalue weighted by Gasteiger charge is -2.45. The van der Waals surface area contributed by atoms with Gasteiger partial charge >= 0.3 is 11.9 Å². The predicted octanol–water partition coefficient (Wildman–Crippen LogP) is 5.00. The molecule has 0 radical (unpaired) electrons. The normalized spacial score (nSPS) is 18.2. The highest BCUT2D eigenvalue weighted by atomic mass is 19.1. The van der Waals surface area contributed by atoms with Crippen LogP contribution in [-0.2, 0) is 14.3 Å². The Hall–Kier alpha value is -2.63. The van der Waals surface area contributed by atoms with Gasteiger partial charge in [-0.3, -0.25) is 0 Å². The molecule has 158 valence electrons. The molecule has 0 amide bonds. The fraction of sp³-hybridized carbons (Fsp3) is 0.478. The minimum atomic E-state index is -1.20. The van der Waals surface area contributed by atoms with Crippen LogP contribution in [0.25, 0.3) is 0 Å². The minimum Gasteiger partial charge on any atom is -0.478 e. The Balaban J connectivity index is 2.87. The number of halogens is 1. The highest BCUT2D eigenvalue weighted by molar-refractivity contribution is 5.99. The van der Waals surface area contributed by atoms with E-state index in [1.165, 1.54) is 18.2 Å². The van der Waals surface area contributed by atoms with Crippen molar-refractivity contribution in [2.75, 3.05) is 0 Å². The van der Waals surface area contributed by atoms with Crippen LogP contribution < -0.4 is 0 Å². The van der Waals surface area contributed by atoms with E-state index in [4.69, 9.17) is 4.74 Å². The third-order valence-corrected chi connectivity index (χ3v) is 4.76. The van der Waals surface area contributed by atoms with E-state index in [1.54, 1.807) is 40.7 Å². The average molecular weight is 403 g/mol. The maximum atomic E-state index is 14.8. The molecule has 6 heteroatoms. The predicted molar refractivity (Wildman–Crippen MR) is 110 cm³/mol. The molecule has 1 aromatic carbocycles. The third-order valence-electron chi connectivity index (χ3n) is 4.76. The zero-order chi connectivity index (χ0) is 22.3. The number of carbonyl (C=O) groups excluding carboxylic acids is 1. The van der Waals surface area contributed by atoms with Crippen molar-refractivity contribution >= 4 is 11.9 Å². The molecule has 0 bridgehead atoms. The second-order valence-electron chi connectivity index (χ2n) is 9.27. The first-order valence-electron chi connectivity index (χ1n) is 9.59. The number of carbonyl (C=O) groups is 2. The Bertz CT molecular complexity index is 900. The smallest absolute Gasteiger partial charge is 0.337 e. The monoisotopic (exact) mass is 403 g/mol. The largest absolute Gasteiger partial charge is 0.478 e. The van der Waals surface area contributed by atoms with Gasteiger partial charge in [-0.15, -0.1) is 0 Å². The van der Waals surface area contributed by atoms with Crippen LogP contribution in [0.3, 0.4) is 0 Å². The van der Waals surface area contributed by atoms with E-state index in [2.05, 4.69) is 0 Å². The van der Waals surface area contributed by atoms with E-state index >= 15 is 0 Å². The molecule has 29 heavy (non-hydrogen) atoms. The Kier molecular flexibility index (Phi) is 5.98. The fourth-order valence-electron chi connectivity index (χ4n) is 3.96.